The van der Waals surface area contributed by atoms with E-state index in [-0.39, 0.29) is 6.04 Å². The molecule has 3 aromatic carbocycles. The van der Waals surface area contributed by atoms with E-state index in [1.807, 2.05) is 18.2 Å². The Hall–Kier alpha value is -2.76. The lowest BCUT2D eigenvalue weighted by molar-refractivity contribution is 0.706. The highest BCUT2D eigenvalue weighted by atomic mass is 79.9. The average Bonchev–Trinajstić information content (AvgIpc) is 3.43. The molecule has 0 spiro atoms. The number of nitrogens with zero attached hydrogens (tertiary/aromatic N) is 3. The molecule has 0 aliphatic carbocycles. The largest absolute Gasteiger partial charge is 0.231 e. The van der Waals surface area contributed by atoms with Crippen molar-refractivity contribution in [2.24, 2.45) is 5.10 Å². The molecule has 0 N–H and O–H groups in total. The minimum atomic E-state index is 0.143. The maximum absolute atomic E-state index is 5.02. The predicted molar refractivity (Wildman–Crippen MR) is 129 cm³/mol. The maximum Gasteiger partial charge on any atom is 0.207 e. The van der Waals surface area contributed by atoms with Crippen molar-refractivity contribution in [2.45, 2.75) is 19.4 Å². The van der Waals surface area contributed by atoms with Crippen LogP contribution in [0, 0.1) is 6.92 Å². The Balaban J connectivity index is 1.53. The van der Waals surface area contributed by atoms with Gasteiger partial charge in [-0.15, -0.1) is 11.3 Å². The number of aryl methyl sites for hydroxylation is 1. The summed E-state index contributed by atoms with van der Waals surface area (Å²) in [6.07, 6.45) is 0.861. The molecule has 1 aromatic heterocycles. The summed E-state index contributed by atoms with van der Waals surface area (Å²) in [5.41, 5.74) is 6.88. The number of benzene rings is 3. The average molecular weight is 474 g/mol. The fourth-order valence-electron chi connectivity index (χ4n) is 3.66. The number of aromatic nitrogens is 1. The van der Waals surface area contributed by atoms with E-state index in [1.54, 1.807) is 11.3 Å². The van der Waals surface area contributed by atoms with E-state index in [0.717, 1.165) is 33.0 Å². The monoisotopic (exact) mass is 473 g/mol. The number of hydrogen-bond donors (Lipinski definition) is 0. The van der Waals surface area contributed by atoms with Crippen molar-refractivity contribution < 1.29 is 0 Å². The van der Waals surface area contributed by atoms with Gasteiger partial charge in [-0.25, -0.2) is 9.99 Å². The molecule has 1 atom stereocenters. The Labute approximate surface area is 188 Å². The van der Waals surface area contributed by atoms with Crippen molar-refractivity contribution >= 4 is 38.1 Å². The molecule has 0 fully saturated rings. The van der Waals surface area contributed by atoms with E-state index in [1.165, 1.54) is 16.7 Å². The van der Waals surface area contributed by atoms with E-state index < -0.39 is 0 Å². The zero-order valence-electron chi connectivity index (χ0n) is 16.5. The molecule has 148 valence electrons. The second-order valence-corrected chi connectivity index (χ2v) is 9.16. The van der Waals surface area contributed by atoms with Gasteiger partial charge in [0.25, 0.3) is 0 Å². The van der Waals surface area contributed by atoms with E-state index in [0.29, 0.717) is 0 Å². The van der Waals surface area contributed by atoms with Crippen LogP contribution in [0.25, 0.3) is 11.3 Å². The molecule has 0 saturated heterocycles. The van der Waals surface area contributed by atoms with E-state index in [2.05, 4.69) is 93.9 Å². The molecule has 30 heavy (non-hydrogen) atoms. The summed E-state index contributed by atoms with van der Waals surface area (Å²) in [5, 5.41) is 10.2. The Morgan fingerprint density at radius 3 is 2.37 bits per heavy atom. The van der Waals surface area contributed by atoms with Crippen LogP contribution >= 0.6 is 27.3 Å². The van der Waals surface area contributed by atoms with Crippen LogP contribution in [0.1, 0.15) is 29.2 Å². The Bertz CT molecular complexity index is 1180. The van der Waals surface area contributed by atoms with E-state index in [4.69, 9.17) is 10.1 Å². The Morgan fingerprint density at radius 2 is 1.63 bits per heavy atom. The van der Waals surface area contributed by atoms with Crippen molar-refractivity contribution in [3.05, 3.63) is 105 Å². The van der Waals surface area contributed by atoms with Crippen LogP contribution in [0.3, 0.4) is 0 Å². The standard InChI is InChI=1S/C25H20BrN3S/c1-17-7-9-20(10-8-17)24-15-22(18-5-3-2-4-6-18)28-29(24)25-27-23(16-30-25)19-11-13-21(26)14-12-19/h2-14,16,24H,15H2,1H3. The van der Waals surface area contributed by atoms with Crippen LogP contribution in [0.2, 0.25) is 0 Å². The third-order valence-electron chi connectivity index (χ3n) is 5.31. The topological polar surface area (TPSA) is 28.5 Å². The predicted octanol–water partition coefficient (Wildman–Crippen LogP) is 7.24. The van der Waals surface area contributed by atoms with E-state index in [9.17, 15) is 0 Å². The Kier molecular flexibility index (Phi) is 5.23. The first-order valence-electron chi connectivity index (χ1n) is 9.87. The van der Waals surface area contributed by atoms with Crippen molar-refractivity contribution in [3.63, 3.8) is 0 Å². The number of anilines is 1. The minimum absolute atomic E-state index is 0.143. The second-order valence-electron chi connectivity index (χ2n) is 7.41. The normalized spacial score (nSPS) is 16.0. The van der Waals surface area contributed by atoms with Crippen molar-refractivity contribution in [1.82, 2.24) is 4.98 Å². The van der Waals surface area contributed by atoms with Gasteiger partial charge in [0.05, 0.1) is 17.4 Å². The minimum Gasteiger partial charge on any atom is -0.231 e. The molecule has 1 unspecified atom stereocenters. The van der Waals surface area contributed by atoms with Crippen LogP contribution in [0.5, 0.6) is 0 Å². The van der Waals surface area contributed by atoms with Crippen molar-refractivity contribution in [2.75, 3.05) is 5.01 Å². The zero-order chi connectivity index (χ0) is 20.5. The summed E-state index contributed by atoms with van der Waals surface area (Å²) in [4.78, 5) is 4.94. The van der Waals surface area contributed by atoms with Crippen LogP contribution < -0.4 is 5.01 Å². The van der Waals surface area contributed by atoms with Gasteiger partial charge in [-0.1, -0.05) is 88.2 Å². The molecular weight excluding hydrogens is 454 g/mol. The molecule has 1 aliphatic rings. The fourth-order valence-corrected chi connectivity index (χ4v) is 4.76. The van der Waals surface area contributed by atoms with Crippen molar-refractivity contribution in [3.8, 4) is 11.3 Å². The quantitative estimate of drug-likeness (QED) is 0.312. The molecule has 0 bridgehead atoms. The Morgan fingerprint density at radius 1 is 0.900 bits per heavy atom. The van der Waals surface area contributed by atoms with E-state index >= 15 is 0 Å². The van der Waals surface area contributed by atoms with Gasteiger partial charge >= 0.3 is 0 Å². The highest BCUT2D eigenvalue weighted by molar-refractivity contribution is 9.10. The SMILES string of the molecule is Cc1ccc(C2CC(c3ccccc3)=NN2c2nc(-c3ccc(Br)cc3)cs2)cc1. The van der Waals surface area contributed by atoms with Gasteiger partial charge in [-0.3, -0.25) is 0 Å². The van der Waals surface area contributed by atoms with Gasteiger partial charge in [0.15, 0.2) is 0 Å². The van der Waals surface area contributed by atoms with Crippen LogP contribution in [0.15, 0.2) is 93.8 Å². The third kappa shape index (κ3) is 3.83. The molecular formula is C25H20BrN3S. The molecule has 5 heteroatoms. The van der Waals surface area contributed by atoms with Crippen molar-refractivity contribution in [1.29, 1.82) is 0 Å². The molecule has 0 saturated carbocycles. The van der Waals surface area contributed by atoms with Gasteiger partial charge < -0.3 is 0 Å². The molecule has 0 amide bonds. The van der Waals surface area contributed by atoms with Gasteiger partial charge in [0, 0.05) is 21.8 Å². The fraction of sp³-hybridized carbons (Fsp3) is 0.120. The summed E-state index contributed by atoms with van der Waals surface area (Å²) in [6.45, 7) is 2.12. The maximum atomic E-state index is 5.02. The molecule has 5 rings (SSSR count). The number of rotatable bonds is 4. The summed E-state index contributed by atoms with van der Waals surface area (Å²) in [5.74, 6) is 0. The number of hydrogen-bond acceptors (Lipinski definition) is 4. The van der Waals surface area contributed by atoms with Crippen LogP contribution in [-0.4, -0.2) is 10.7 Å². The van der Waals surface area contributed by atoms with Gasteiger partial charge in [0.1, 0.15) is 0 Å². The van der Waals surface area contributed by atoms with Crippen LogP contribution in [0.4, 0.5) is 5.13 Å². The third-order valence-corrected chi connectivity index (χ3v) is 6.67. The highest BCUT2D eigenvalue weighted by Gasteiger charge is 2.31. The van der Waals surface area contributed by atoms with Gasteiger partial charge in [0.2, 0.25) is 5.13 Å². The summed E-state index contributed by atoms with van der Waals surface area (Å²) < 4.78 is 1.07. The first kappa shape index (κ1) is 19.2. The lowest BCUT2D eigenvalue weighted by Crippen LogP contribution is -2.18. The molecule has 0 radical (unpaired) electrons. The number of halogens is 1. The zero-order valence-corrected chi connectivity index (χ0v) is 18.9. The second kappa shape index (κ2) is 8.17. The smallest absolute Gasteiger partial charge is 0.207 e. The molecule has 3 nitrogen and oxygen atoms in total. The van der Waals surface area contributed by atoms with Crippen LogP contribution in [-0.2, 0) is 0 Å². The summed E-state index contributed by atoms with van der Waals surface area (Å²) in [7, 11) is 0. The lowest BCUT2D eigenvalue weighted by Gasteiger charge is -2.21. The highest BCUT2D eigenvalue weighted by Crippen LogP contribution is 2.39. The number of hydrazone groups is 1. The lowest BCUT2D eigenvalue weighted by atomic mass is 9.98. The van der Waals surface area contributed by atoms with Gasteiger partial charge in [-0.2, -0.15) is 5.10 Å². The number of thiazole rings is 1. The molecule has 2 heterocycles. The summed E-state index contributed by atoms with van der Waals surface area (Å²) in [6, 6.07) is 27.6. The summed E-state index contributed by atoms with van der Waals surface area (Å²) >= 11 is 5.14. The van der Waals surface area contributed by atoms with Gasteiger partial charge in [-0.05, 0) is 30.2 Å². The first-order valence-corrected chi connectivity index (χ1v) is 11.5. The molecule has 1 aliphatic heterocycles. The molecule has 4 aromatic rings. The first-order chi connectivity index (χ1) is 14.7.